The Morgan fingerprint density at radius 3 is 2.88 bits per heavy atom. The van der Waals surface area contributed by atoms with Gasteiger partial charge in [-0.25, -0.2) is 4.68 Å². The molecule has 1 amide bonds. The summed E-state index contributed by atoms with van der Waals surface area (Å²) in [4.78, 5) is 12.1. The molecule has 25 heavy (non-hydrogen) atoms. The van der Waals surface area contributed by atoms with E-state index in [-0.39, 0.29) is 18.6 Å². The lowest BCUT2D eigenvalue weighted by atomic mass is 10.1. The number of hydrogen-bond acceptors (Lipinski definition) is 5. The Bertz CT molecular complexity index is 854. The van der Waals surface area contributed by atoms with E-state index in [1.807, 2.05) is 43.3 Å². The SMILES string of the molecule is C[C@@H](NC(=O)COc1cccc(-n2cnnn2)c1)c1ccccc1Br. The van der Waals surface area contributed by atoms with Crippen molar-refractivity contribution in [3.63, 3.8) is 0 Å². The van der Waals surface area contributed by atoms with Crippen molar-refractivity contribution in [2.75, 3.05) is 6.61 Å². The molecule has 0 aliphatic rings. The van der Waals surface area contributed by atoms with Crippen LogP contribution in [0.5, 0.6) is 5.75 Å². The topological polar surface area (TPSA) is 81.9 Å². The highest BCUT2D eigenvalue weighted by Crippen LogP contribution is 2.22. The summed E-state index contributed by atoms with van der Waals surface area (Å²) in [5.41, 5.74) is 1.76. The maximum atomic E-state index is 12.1. The van der Waals surface area contributed by atoms with Crippen LogP contribution < -0.4 is 10.1 Å². The van der Waals surface area contributed by atoms with Crippen LogP contribution in [0.3, 0.4) is 0 Å². The molecule has 0 radical (unpaired) electrons. The number of carbonyl (C=O) groups excluding carboxylic acids is 1. The van der Waals surface area contributed by atoms with Crippen molar-refractivity contribution >= 4 is 21.8 Å². The Labute approximate surface area is 153 Å². The van der Waals surface area contributed by atoms with E-state index in [1.54, 1.807) is 12.1 Å². The van der Waals surface area contributed by atoms with Gasteiger partial charge in [0.05, 0.1) is 11.7 Å². The number of carbonyl (C=O) groups is 1. The van der Waals surface area contributed by atoms with Gasteiger partial charge in [0.15, 0.2) is 6.61 Å². The van der Waals surface area contributed by atoms with Crippen molar-refractivity contribution in [3.05, 3.63) is 64.9 Å². The second-order valence-corrected chi connectivity index (χ2v) is 6.21. The highest BCUT2D eigenvalue weighted by atomic mass is 79.9. The van der Waals surface area contributed by atoms with E-state index in [1.165, 1.54) is 11.0 Å². The fraction of sp³-hybridized carbons (Fsp3) is 0.176. The Balaban J connectivity index is 1.58. The minimum absolute atomic E-state index is 0.0755. The van der Waals surface area contributed by atoms with Gasteiger partial charge in [-0.1, -0.05) is 40.2 Å². The summed E-state index contributed by atoms with van der Waals surface area (Å²) in [5, 5.41) is 13.9. The summed E-state index contributed by atoms with van der Waals surface area (Å²) in [6.45, 7) is 1.85. The Morgan fingerprint density at radius 2 is 2.12 bits per heavy atom. The molecule has 0 fully saturated rings. The maximum absolute atomic E-state index is 12.1. The minimum atomic E-state index is -0.198. The molecule has 0 saturated heterocycles. The third-order valence-corrected chi connectivity index (χ3v) is 4.27. The molecule has 128 valence electrons. The molecule has 2 aromatic carbocycles. The predicted molar refractivity (Wildman–Crippen MR) is 95.3 cm³/mol. The molecule has 0 saturated carbocycles. The van der Waals surface area contributed by atoms with E-state index in [0.717, 1.165) is 15.7 Å². The van der Waals surface area contributed by atoms with Crippen LogP contribution in [0, 0.1) is 0 Å². The van der Waals surface area contributed by atoms with Crippen LogP contribution in [0.1, 0.15) is 18.5 Å². The van der Waals surface area contributed by atoms with Gasteiger partial charge in [0.1, 0.15) is 12.1 Å². The molecule has 0 spiro atoms. The number of nitrogens with one attached hydrogen (secondary N) is 1. The summed E-state index contributed by atoms with van der Waals surface area (Å²) >= 11 is 3.49. The molecule has 3 aromatic rings. The molecule has 0 bridgehead atoms. The summed E-state index contributed by atoms with van der Waals surface area (Å²) in [7, 11) is 0. The highest BCUT2D eigenvalue weighted by Gasteiger charge is 2.12. The smallest absolute Gasteiger partial charge is 0.258 e. The number of nitrogens with zero attached hydrogens (tertiary/aromatic N) is 4. The van der Waals surface area contributed by atoms with Gasteiger partial charge in [-0.3, -0.25) is 4.79 Å². The van der Waals surface area contributed by atoms with E-state index < -0.39 is 0 Å². The normalized spacial score (nSPS) is 11.8. The first-order chi connectivity index (χ1) is 12.1. The number of aromatic nitrogens is 4. The first-order valence-corrected chi connectivity index (χ1v) is 8.43. The van der Waals surface area contributed by atoms with Crippen molar-refractivity contribution in [2.24, 2.45) is 0 Å². The van der Waals surface area contributed by atoms with Gasteiger partial charge >= 0.3 is 0 Å². The largest absolute Gasteiger partial charge is 0.484 e. The van der Waals surface area contributed by atoms with Gasteiger partial charge in [0.2, 0.25) is 0 Å². The fourth-order valence-corrected chi connectivity index (χ4v) is 2.96. The summed E-state index contributed by atoms with van der Waals surface area (Å²) < 4.78 is 8.04. The minimum Gasteiger partial charge on any atom is -0.484 e. The van der Waals surface area contributed by atoms with Crippen LogP contribution in [-0.4, -0.2) is 32.7 Å². The molecule has 0 unspecified atom stereocenters. The first kappa shape index (κ1) is 17.1. The van der Waals surface area contributed by atoms with Gasteiger partial charge in [-0.15, -0.1) is 5.10 Å². The lowest BCUT2D eigenvalue weighted by molar-refractivity contribution is -0.123. The average molecular weight is 402 g/mol. The zero-order valence-corrected chi connectivity index (χ0v) is 15.0. The van der Waals surface area contributed by atoms with E-state index in [4.69, 9.17) is 4.74 Å². The number of ether oxygens (including phenoxy) is 1. The zero-order valence-electron chi connectivity index (χ0n) is 13.5. The van der Waals surface area contributed by atoms with Crippen molar-refractivity contribution in [1.29, 1.82) is 0 Å². The standard InChI is InChI=1S/C17H16BrN5O2/c1-12(15-7-2-3-8-16(15)18)20-17(24)10-25-14-6-4-5-13(9-14)23-11-19-21-22-23/h2-9,11-12H,10H2,1H3,(H,20,24)/t12-/m1/s1. The van der Waals surface area contributed by atoms with Crippen molar-refractivity contribution in [1.82, 2.24) is 25.5 Å². The summed E-state index contributed by atoms with van der Waals surface area (Å²) in [5.74, 6) is 0.368. The number of tetrazole rings is 1. The fourth-order valence-electron chi connectivity index (χ4n) is 2.33. The van der Waals surface area contributed by atoms with Crippen LogP contribution in [0.25, 0.3) is 5.69 Å². The van der Waals surface area contributed by atoms with Crippen LogP contribution in [-0.2, 0) is 4.79 Å². The second-order valence-electron chi connectivity index (χ2n) is 5.35. The van der Waals surface area contributed by atoms with E-state index in [9.17, 15) is 4.79 Å². The van der Waals surface area contributed by atoms with Gasteiger partial charge in [0.25, 0.3) is 5.91 Å². The van der Waals surface area contributed by atoms with Gasteiger partial charge in [0, 0.05) is 10.5 Å². The van der Waals surface area contributed by atoms with E-state index in [0.29, 0.717) is 5.75 Å². The lowest BCUT2D eigenvalue weighted by Gasteiger charge is -2.16. The van der Waals surface area contributed by atoms with Crippen molar-refractivity contribution in [2.45, 2.75) is 13.0 Å². The third kappa shape index (κ3) is 4.42. The number of hydrogen-bond donors (Lipinski definition) is 1. The monoisotopic (exact) mass is 401 g/mol. The average Bonchev–Trinajstić information content (AvgIpc) is 3.15. The van der Waals surface area contributed by atoms with Gasteiger partial charge < -0.3 is 10.1 Å². The molecule has 3 rings (SSSR count). The predicted octanol–water partition coefficient (Wildman–Crippen LogP) is 2.68. The maximum Gasteiger partial charge on any atom is 0.258 e. The first-order valence-electron chi connectivity index (χ1n) is 7.63. The van der Waals surface area contributed by atoms with E-state index >= 15 is 0 Å². The molecule has 0 aliphatic heterocycles. The van der Waals surface area contributed by atoms with Crippen LogP contribution in [0.15, 0.2) is 59.3 Å². The molecule has 1 N–H and O–H groups in total. The Morgan fingerprint density at radius 1 is 1.28 bits per heavy atom. The molecule has 7 nitrogen and oxygen atoms in total. The van der Waals surface area contributed by atoms with Crippen LogP contribution >= 0.6 is 15.9 Å². The van der Waals surface area contributed by atoms with Gasteiger partial charge in [-0.05, 0) is 41.1 Å². The molecular formula is C17H16BrN5O2. The molecule has 8 heteroatoms. The Hall–Kier alpha value is -2.74. The number of rotatable bonds is 6. The number of benzene rings is 2. The third-order valence-electron chi connectivity index (χ3n) is 3.55. The Kier molecular flexibility index (Phi) is 5.39. The quantitative estimate of drug-likeness (QED) is 0.686. The lowest BCUT2D eigenvalue weighted by Crippen LogP contribution is -2.31. The van der Waals surface area contributed by atoms with Crippen molar-refractivity contribution in [3.8, 4) is 11.4 Å². The summed E-state index contributed by atoms with van der Waals surface area (Å²) in [6, 6.07) is 14.8. The number of amides is 1. The zero-order chi connectivity index (χ0) is 17.6. The van der Waals surface area contributed by atoms with Crippen molar-refractivity contribution < 1.29 is 9.53 Å². The van der Waals surface area contributed by atoms with Crippen LogP contribution in [0.4, 0.5) is 0 Å². The number of halogens is 1. The highest BCUT2D eigenvalue weighted by molar-refractivity contribution is 9.10. The molecule has 0 aliphatic carbocycles. The molecule has 1 atom stereocenters. The molecular weight excluding hydrogens is 386 g/mol. The van der Waals surface area contributed by atoms with E-state index in [2.05, 4.69) is 36.8 Å². The second kappa shape index (κ2) is 7.89. The molecule has 1 aromatic heterocycles. The van der Waals surface area contributed by atoms with Gasteiger partial charge in [-0.2, -0.15) is 0 Å². The summed E-state index contributed by atoms with van der Waals surface area (Å²) in [6.07, 6.45) is 1.49. The van der Waals surface area contributed by atoms with Crippen LogP contribution in [0.2, 0.25) is 0 Å². The molecule has 1 heterocycles.